The van der Waals surface area contributed by atoms with Gasteiger partial charge >= 0.3 is 0 Å². The number of aromatic nitrogens is 3. The molecule has 3 rings (SSSR count). The lowest BCUT2D eigenvalue weighted by molar-refractivity contribution is -0.120. The van der Waals surface area contributed by atoms with Crippen LogP contribution < -0.4 is 10.1 Å². The lowest BCUT2D eigenvalue weighted by Gasteiger charge is -2.06. The molecular weight excluding hydrogens is 316 g/mol. The molecule has 0 aliphatic carbocycles. The molecule has 0 atom stereocenters. The summed E-state index contributed by atoms with van der Waals surface area (Å²) in [4.78, 5) is 15.5. The molecule has 3 aromatic rings. The number of carbonyl (C=O) groups excluding carboxylic acids is 1. The Morgan fingerprint density at radius 1 is 1.36 bits per heavy atom. The van der Waals surface area contributed by atoms with Crippen molar-refractivity contribution in [2.24, 2.45) is 7.05 Å². The third-order valence-corrected chi connectivity index (χ3v) is 4.69. The van der Waals surface area contributed by atoms with Crippen molar-refractivity contribution < 1.29 is 9.53 Å². The monoisotopic (exact) mass is 340 g/mol. The van der Waals surface area contributed by atoms with Gasteiger partial charge in [0, 0.05) is 41.9 Å². The van der Waals surface area contributed by atoms with Gasteiger partial charge in [0.25, 0.3) is 0 Å². The number of nitrogens with one attached hydrogen (secondary N) is 2. The molecule has 2 heterocycles. The van der Waals surface area contributed by atoms with Gasteiger partial charge in [-0.2, -0.15) is 5.10 Å². The number of rotatable bonds is 6. The molecule has 2 N–H and O–H groups in total. The van der Waals surface area contributed by atoms with Gasteiger partial charge in [-0.1, -0.05) is 0 Å². The summed E-state index contributed by atoms with van der Waals surface area (Å²) in [6, 6.07) is 5.96. The predicted octanol–water partition coefficient (Wildman–Crippen LogP) is 2.43. The minimum absolute atomic E-state index is 0.0246. The number of ether oxygens (including phenoxy) is 1. The zero-order chi connectivity index (χ0) is 18.0. The van der Waals surface area contributed by atoms with Gasteiger partial charge in [0.05, 0.1) is 19.2 Å². The zero-order valence-corrected chi connectivity index (χ0v) is 15.1. The third kappa shape index (κ3) is 3.52. The van der Waals surface area contributed by atoms with Crippen molar-refractivity contribution in [1.29, 1.82) is 0 Å². The van der Waals surface area contributed by atoms with E-state index in [1.165, 1.54) is 5.56 Å². The molecule has 0 radical (unpaired) electrons. The van der Waals surface area contributed by atoms with E-state index in [1.807, 2.05) is 50.0 Å². The molecule has 0 saturated carbocycles. The quantitative estimate of drug-likeness (QED) is 0.724. The van der Waals surface area contributed by atoms with E-state index in [1.54, 1.807) is 7.11 Å². The number of aromatic amines is 1. The summed E-state index contributed by atoms with van der Waals surface area (Å²) in [5.74, 6) is 0.858. The average Bonchev–Trinajstić information content (AvgIpc) is 3.10. The average molecular weight is 340 g/mol. The molecule has 0 bridgehead atoms. The molecule has 0 unspecified atom stereocenters. The van der Waals surface area contributed by atoms with Crippen LogP contribution >= 0.6 is 0 Å². The summed E-state index contributed by atoms with van der Waals surface area (Å²) in [7, 11) is 3.56. The maximum Gasteiger partial charge on any atom is 0.224 e. The highest BCUT2D eigenvalue weighted by atomic mass is 16.5. The molecule has 0 aliphatic heterocycles. The van der Waals surface area contributed by atoms with Crippen molar-refractivity contribution in [2.75, 3.05) is 13.7 Å². The second-order valence-corrected chi connectivity index (χ2v) is 6.28. The number of H-pyrrole nitrogens is 1. The first-order valence-electron chi connectivity index (χ1n) is 8.39. The van der Waals surface area contributed by atoms with Crippen LogP contribution in [0.2, 0.25) is 0 Å². The van der Waals surface area contributed by atoms with E-state index in [9.17, 15) is 4.79 Å². The highest BCUT2D eigenvalue weighted by Gasteiger charge is 2.13. The highest BCUT2D eigenvalue weighted by Crippen LogP contribution is 2.23. The van der Waals surface area contributed by atoms with Crippen LogP contribution in [0.1, 0.15) is 22.5 Å². The molecule has 25 heavy (non-hydrogen) atoms. The van der Waals surface area contributed by atoms with Gasteiger partial charge in [0.2, 0.25) is 5.91 Å². The number of hydrogen-bond donors (Lipinski definition) is 2. The molecule has 0 saturated heterocycles. The first-order chi connectivity index (χ1) is 12.0. The van der Waals surface area contributed by atoms with Gasteiger partial charge < -0.3 is 15.0 Å². The largest absolute Gasteiger partial charge is 0.497 e. The Labute approximate surface area is 147 Å². The molecular formula is C19H24N4O2. The van der Waals surface area contributed by atoms with Crippen molar-refractivity contribution in [3.8, 4) is 5.75 Å². The van der Waals surface area contributed by atoms with Crippen LogP contribution in [-0.2, 0) is 24.7 Å². The standard InChI is InChI=1S/C19H24N4O2/c1-12-16(13(2)23(3)22-12)10-19(24)20-8-7-14-11-21-18-6-5-15(25-4)9-17(14)18/h5-6,9,11,21H,7-8,10H2,1-4H3,(H,20,24). The van der Waals surface area contributed by atoms with Gasteiger partial charge in [0.1, 0.15) is 5.75 Å². The van der Waals surface area contributed by atoms with Gasteiger partial charge in [-0.3, -0.25) is 9.48 Å². The van der Waals surface area contributed by atoms with Crippen molar-refractivity contribution in [3.05, 3.63) is 46.9 Å². The summed E-state index contributed by atoms with van der Waals surface area (Å²) in [5.41, 5.74) is 5.21. The van der Waals surface area contributed by atoms with E-state index < -0.39 is 0 Å². The first kappa shape index (κ1) is 17.1. The molecule has 1 amide bonds. The summed E-state index contributed by atoms with van der Waals surface area (Å²) in [6.45, 7) is 4.53. The summed E-state index contributed by atoms with van der Waals surface area (Å²) in [5, 5.41) is 8.49. The SMILES string of the molecule is COc1ccc2[nH]cc(CCNC(=O)Cc3c(C)nn(C)c3C)c2c1. The van der Waals surface area contributed by atoms with Crippen LogP contribution in [-0.4, -0.2) is 34.3 Å². The minimum atomic E-state index is 0.0246. The predicted molar refractivity (Wildman–Crippen MR) is 98.0 cm³/mol. The van der Waals surface area contributed by atoms with Crippen molar-refractivity contribution in [1.82, 2.24) is 20.1 Å². The number of hydrogen-bond acceptors (Lipinski definition) is 3. The molecule has 132 valence electrons. The number of nitrogens with zero attached hydrogens (tertiary/aromatic N) is 2. The number of carbonyl (C=O) groups is 1. The molecule has 6 heteroatoms. The number of aryl methyl sites for hydroxylation is 2. The second kappa shape index (κ2) is 7.01. The molecule has 1 aromatic carbocycles. The topological polar surface area (TPSA) is 71.9 Å². The van der Waals surface area contributed by atoms with Gasteiger partial charge in [-0.25, -0.2) is 0 Å². The second-order valence-electron chi connectivity index (χ2n) is 6.28. The van der Waals surface area contributed by atoms with E-state index in [4.69, 9.17) is 4.74 Å². The third-order valence-electron chi connectivity index (χ3n) is 4.69. The molecule has 0 spiro atoms. The van der Waals surface area contributed by atoms with Crippen molar-refractivity contribution >= 4 is 16.8 Å². The number of methoxy groups -OCH3 is 1. The Morgan fingerprint density at radius 2 is 2.16 bits per heavy atom. The Kier molecular flexibility index (Phi) is 4.79. The van der Waals surface area contributed by atoms with E-state index in [2.05, 4.69) is 15.4 Å². The summed E-state index contributed by atoms with van der Waals surface area (Å²) >= 11 is 0. The highest BCUT2D eigenvalue weighted by molar-refractivity contribution is 5.85. The number of fused-ring (bicyclic) bond motifs is 1. The van der Waals surface area contributed by atoms with E-state index >= 15 is 0 Å². The van der Waals surface area contributed by atoms with Crippen LogP contribution in [0.4, 0.5) is 0 Å². The summed E-state index contributed by atoms with van der Waals surface area (Å²) < 4.78 is 7.11. The molecule has 2 aromatic heterocycles. The fraction of sp³-hybridized carbons (Fsp3) is 0.368. The number of amides is 1. The van der Waals surface area contributed by atoms with E-state index in [0.717, 1.165) is 40.0 Å². The molecule has 0 aliphatic rings. The Morgan fingerprint density at radius 3 is 2.84 bits per heavy atom. The molecule has 6 nitrogen and oxygen atoms in total. The maximum atomic E-state index is 12.2. The fourth-order valence-electron chi connectivity index (χ4n) is 3.12. The zero-order valence-electron chi connectivity index (χ0n) is 15.1. The smallest absolute Gasteiger partial charge is 0.224 e. The van der Waals surface area contributed by atoms with Gasteiger partial charge in [0.15, 0.2) is 0 Å². The van der Waals surface area contributed by atoms with Crippen LogP contribution in [0, 0.1) is 13.8 Å². The number of benzene rings is 1. The minimum Gasteiger partial charge on any atom is -0.497 e. The van der Waals surface area contributed by atoms with Crippen LogP contribution in [0.15, 0.2) is 24.4 Å². The Bertz CT molecular complexity index is 908. The normalized spacial score (nSPS) is 11.0. The van der Waals surface area contributed by atoms with Crippen molar-refractivity contribution in [3.63, 3.8) is 0 Å². The van der Waals surface area contributed by atoms with Crippen LogP contribution in [0.3, 0.4) is 0 Å². The lowest BCUT2D eigenvalue weighted by atomic mass is 10.1. The first-order valence-corrected chi connectivity index (χ1v) is 8.39. The summed E-state index contributed by atoms with van der Waals surface area (Å²) in [6.07, 6.45) is 3.13. The lowest BCUT2D eigenvalue weighted by Crippen LogP contribution is -2.27. The van der Waals surface area contributed by atoms with Gasteiger partial charge in [-0.15, -0.1) is 0 Å². The van der Waals surface area contributed by atoms with Gasteiger partial charge in [-0.05, 0) is 44.0 Å². The van der Waals surface area contributed by atoms with Crippen LogP contribution in [0.25, 0.3) is 10.9 Å². The Hall–Kier alpha value is -2.76. The van der Waals surface area contributed by atoms with E-state index in [0.29, 0.717) is 13.0 Å². The van der Waals surface area contributed by atoms with Crippen molar-refractivity contribution in [2.45, 2.75) is 26.7 Å². The molecule has 0 fully saturated rings. The maximum absolute atomic E-state index is 12.2. The van der Waals surface area contributed by atoms with E-state index in [-0.39, 0.29) is 5.91 Å². The fourth-order valence-corrected chi connectivity index (χ4v) is 3.12. The van der Waals surface area contributed by atoms with Crippen LogP contribution in [0.5, 0.6) is 5.75 Å². The Balaban J connectivity index is 1.60.